The first-order valence-electron chi connectivity index (χ1n) is 17.2. The molecule has 1 aliphatic carbocycles. The molecule has 0 saturated heterocycles. The van der Waals surface area contributed by atoms with Gasteiger partial charge in [0.15, 0.2) is 0 Å². The topological polar surface area (TPSA) is 198 Å². The number of aromatic nitrogens is 6. The van der Waals surface area contributed by atoms with Crippen molar-refractivity contribution >= 4 is 57.6 Å². The van der Waals surface area contributed by atoms with Crippen LogP contribution in [0.25, 0.3) is 22.1 Å². The lowest BCUT2D eigenvalue weighted by molar-refractivity contribution is -0.113. The molecule has 2 aromatic carbocycles. The van der Waals surface area contributed by atoms with Crippen LogP contribution in [0.4, 0.5) is 11.9 Å². The second kappa shape index (κ2) is 13.3. The third-order valence-electron chi connectivity index (χ3n) is 9.80. The van der Waals surface area contributed by atoms with Gasteiger partial charge >= 0.3 is 0 Å². The maximum Gasteiger partial charge on any atom is 0.276 e. The van der Waals surface area contributed by atoms with Gasteiger partial charge in [-0.05, 0) is 87.6 Å². The van der Waals surface area contributed by atoms with Crippen LogP contribution in [0.2, 0.25) is 0 Å². The molecule has 14 heteroatoms. The second-order valence-electron chi connectivity index (χ2n) is 13.2. The number of carbonyl (C=O) groups is 4. The number of primary amides is 2. The summed E-state index contributed by atoms with van der Waals surface area (Å²) in [7, 11) is 0. The monoisotopic (exact) mass is 688 g/mol. The number of hydrogen-bond acceptors (Lipinski definition) is 7. The summed E-state index contributed by atoms with van der Waals surface area (Å²) < 4.78 is 5.44. The minimum atomic E-state index is -0.596. The van der Waals surface area contributed by atoms with Crippen LogP contribution in [0.1, 0.15) is 82.8 Å². The SMILES string of the molecule is CCC1C=C(C)C2=C1C(=O)Nc1nc3cc(C(N)=O)ccc3n1CCn1c(nc3cc(C(N)=O)ccc31)NC(=O)c1cc(C)nn1CCCCC2. The predicted molar refractivity (Wildman–Crippen MR) is 193 cm³/mol. The van der Waals surface area contributed by atoms with E-state index in [0.29, 0.717) is 45.8 Å². The summed E-state index contributed by atoms with van der Waals surface area (Å²) in [6.45, 7) is 7.10. The molecule has 3 aromatic heterocycles. The predicted octanol–water partition coefficient (Wildman–Crippen LogP) is 4.84. The Morgan fingerprint density at radius 1 is 0.804 bits per heavy atom. The lowest BCUT2D eigenvalue weighted by atomic mass is 9.94. The highest BCUT2D eigenvalue weighted by atomic mass is 16.2. The van der Waals surface area contributed by atoms with Crippen LogP contribution >= 0.6 is 0 Å². The molecule has 0 radical (unpaired) electrons. The molecule has 14 nitrogen and oxygen atoms in total. The van der Waals surface area contributed by atoms with Gasteiger partial charge in [0.05, 0.1) is 27.8 Å². The maximum atomic E-state index is 14.2. The van der Waals surface area contributed by atoms with Gasteiger partial charge in [-0.2, -0.15) is 5.10 Å². The van der Waals surface area contributed by atoms with E-state index < -0.39 is 11.8 Å². The van der Waals surface area contributed by atoms with E-state index in [9.17, 15) is 19.2 Å². The number of nitrogens with zero attached hydrogens (tertiary/aromatic N) is 6. The van der Waals surface area contributed by atoms with Crippen molar-refractivity contribution in [3.05, 3.63) is 87.8 Å². The Morgan fingerprint density at radius 3 is 1.96 bits per heavy atom. The summed E-state index contributed by atoms with van der Waals surface area (Å²) >= 11 is 0. The molecule has 262 valence electrons. The summed E-state index contributed by atoms with van der Waals surface area (Å²) in [4.78, 5) is 61.6. The molecule has 51 heavy (non-hydrogen) atoms. The quantitative estimate of drug-likeness (QED) is 0.208. The summed E-state index contributed by atoms with van der Waals surface area (Å²) in [5.74, 6) is -1.22. The molecule has 0 spiro atoms. The van der Waals surface area contributed by atoms with E-state index in [4.69, 9.17) is 21.4 Å². The third kappa shape index (κ3) is 6.28. The van der Waals surface area contributed by atoms with E-state index in [1.165, 1.54) is 0 Å². The van der Waals surface area contributed by atoms with Gasteiger partial charge in [-0.15, -0.1) is 0 Å². The van der Waals surface area contributed by atoms with E-state index in [1.807, 2.05) is 16.1 Å². The standard InChI is InChI=1S/C37H40N10O4/c1-4-22-16-20(2)25-8-6-5-7-13-47-30(17-21(3)44-47)34(50)42-36-40-26-18-23(32(38)48)9-11-28(26)45(36)14-15-46-29-12-10-24(33(39)49)19-27(29)41-37(46)43-35(51)31(22)25/h9-12,16-19,22H,4-8,13-15H2,1-3H3,(H2,38,48)(H2,39,49)(H,40,42,50)(H,41,43,51). The number of imidazole rings is 2. The van der Waals surface area contributed by atoms with Crippen LogP contribution in [0.3, 0.4) is 0 Å². The van der Waals surface area contributed by atoms with Crippen molar-refractivity contribution in [1.29, 1.82) is 0 Å². The largest absolute Gasteiger partial charge is 0.366 e. The van der Waals surface area contributed by atoms with E-state index in [-0.39, 0.29) is 42.3 Å². The molecule has 1 atom stereocenters. The van der Waals surface area contributed by atoms with Crippen LogP contribution in [0, 0.1) is 12.8 Å². The number of fused-ring (bicyclic) bond motifs is 7. The fourth-order valence-corrected chi connectivity index (χ4v) is 7.26. The first-order chi connectivity index (χ1) is 24.5. The highest BCUT2D eigenvalue weighted by Gasteiger charge is 2.30. The second-order valence-corrected chi connectivity index (χ2v) is 13.2. The zero-order valence-electron chi connectivity index (χ0n) is 28.8. The van der Waals surface area contributed by atoms with Crippen LogP contribution < -0.4 is 22.1 Å². The summed E-state index contributed by atoms with van der Waals surface area (Å²) in [6, 6.07) is 11.7. The van der Waals surface area contributed by atoms with Crippen LogP contribution in [0.5, 0.6) is 0 Å². The van der Waals surface area contributed by atoms with Gasteiger partial charge in [0, 0.05) is 42.3 Å². The molecule has 0 fully saturated rings. The Morgan fingerprint density at radius 2 is 1.39 bits per heavy atom. The zero-order chi connectivity index (χ0) is 36.0. The summed E-state index contributed by atoms with van der Waals surface area (Å²) in [5, 5.41) is 10.7. The van der Waals surface area contributed by atoms with Crippen LogP contribution in [-0.2, 0) is 24.4 Å². The van der Waals surface area contributed by atoms with Gasteiger partial charge < -0.3 is 20.6 Å². The third-order valence-corrected chi connectivity index (χ3v) is 9.80. The molecule has 2 aliphatic rings. The molecule has 0 saturated carbocycles. The number of allylic oxidation sites excluding steroid dienone is 3. The Bertz CT molecular complexity index is 2320. The highest BCUT2D eigenvalue weighted by Crippen LogP contribution is 2.37. The first kappa shape index (κ1) is 33.4. The molecule has 1 unspecified atom stereocenters. The van der Waals surface area contributed by atoms with Crippen molar-refractivity contribution in [2.75, 3.05) is 10.6 Å². The number of aryl methyl sites for hydroxylation is 4. The number of anilines is 2. The molecule has 1 aliphatic heterocycles. The fraction of sp³-hybridized carbons (Fsp3) is 0.324. The van der Waals surface area contributed by atoms with Crippen molar-refractivity contribution in [2.45, 2.75) is 72.5 Å². The number of amides is 4. The normalized spacial score (nSPS) is 17.4. The van der Waals surface area contributed by atoms with Gasteiger partial charge in [0.1, 0.15) is 5.69 Å². The fourth-order valence-electron chi connectivity index (χ4n) is 7.26. The Hall–Kier alpha value is -6.05. The Kier molecular flexibility index (Phi) is 8.75. The van der Waals surface area contributed by atoms with E-state index in [0.717, 1.165) is 54.5 Å². The molecule has 0 bridgehead atoms. The average molecular weight is 689 g/mol. The molecular weight excluding hydrogens is 648 g/mol. The van der Waals surface area contributed by atoms with Crippen molar-refractivity contribution in [3.8, 4) is 0 Å². The number of nitrogens with two attached hydrogens (primary N) is 2. The number of carbonyl (C=O) groups excluding carboxylic acids is 4. The Balaban J connectivity index is 1.37. The average Bonchev–Trinajstić information content (AvgIpc) is 3.83. The number of rotatable bonds is 3. The van der Waals surface area contributed by atoms with Crippen LogP contribution in [0.15, 0.2) is 65.3 Å². The molecule has 6 N–H and O–H groups in total. The molecular formula is C37H40N10O4. The molecule has 7 rings (SSSR count). The van der Waals surface area contributed by atoms with Gasteiger partial charge in [0.25, 0.3) is 11.8 Å². The lowest BCUT2D eigenvalue weighted by Gasteiger charge is -2.16. The van der Waals surface area contributed by atoms with E-state index in [2.05, 4.69) is 35.7 Å². The van der Waals surface area contributed by atoms with E-state index in [1.54, 1.807) is 47.1 Å². The van der Waals surface area contributed by atoms with Gasteiger partial charge in [-0.3, -0.25) is 34.5 Å². The minimum Gasteiger partial charge on any atom is -0.366 e. The van der Waals surface area contributed by atoms with Gasteiger partial charge in [-0.1, -0.05) is 25.0 Å². The molecule has 4 amide bonds. The first-order valence-corrected chi connectivity index (χ1v) is 17.2. The van der Waals surface area contributed by atoms with Gasteiger partial charge in [-0.25, -0.2) is 9.97 Å². The maximum absolute atomic E-state index is 14.2. The smallest absolute Gasteiger partial charge is 0.276 e. The van der Waals surface area contributed by atoms with Crippen molar-refractivity contribution < 1.29 is 19.2 Å². The lowest BCUT2D eigenvalue weighted by Crippen LogP contribution is -2.23. The number of benzene rings is 2. The Labute approximate surface area is 293 Å². The van der Waals surface area contributed by atoms with Crippen molar-refractivity contribution in [2.24, 2.45) is 17.4 Å². The molecule has 5 aromatic rings. The number of nitrogens with one attached hydrogen (secondary N) is 2. The van der Waals surface area contributed by atoms with Crippen molar-refractivity contribution in [1.82, 2.24) is 28.9 Å². The number of hydrogen-bond donors (Lipinski definition) is 4. The van der Waals surface area contributed by atoms with Gasteiger partial charge in [0.2, 0.25) is 23.7 Å². The zero-order valence-corrected chi connectivity index (χ0v) is 28.8. The summed E-state index contributed by atoms with van der Waals surface area (Å²) in [5.41, 5.74) is 18.1. The minimum absolute atomic E-state index is 0.0229. The summed E-state index contributed by atoms with van der Waals surface area (Å²) in [6.07, 6.45) is 6.22. The van der Waals surface area contributed by atoms with Crippen molar-refractivity contribution in [3.63, 3.8) is 0 Å². The highest BCUT2D eigenvalue weighted by molar-refractivity contribution is 6.06. The van der Waals surface area contributed by atoms with Crippen LogP contribution in [-0.4, -0.2) is 52.5 Å². The van der Waals surface area contributed by atoms with E-state index >= 15 is 0 Å². The molecule has 4 heterocycles.